The number of benzene rings is 1. The van der Waals surface area contributed by atoms with E-state index in [9.17, 15) is 18.0 Å². The third-order valence-corrected chi connectivity index (χ3v) is 8.85. The molecule has 0 atom stereocenters. The van der Waals surface area contributed by atoms with Crippen molar-refractivity contribution in [2.45, 2.75) is 76.6 Å². The number of aliphatic carboxylic acids is 1. The zero-order valence-corrected chi connectivity index (χ0v) is 23.5. The summed E-state index contributed by atoms with van der Waals surface area (Å²) in [6.45, 7) is 6.59. The molecule has 1 fully saturated rings. The van der Waals surface area contributed by atoms with Crippen LogP contribution in [0.4, 0.5) is 13.2 Å². The van der Waals surface area contributed by atoms with Crippen molar-refractivity contribution in [3.63, 3.8) is 0 Å². The monoisotopic (exact) mass is 560 g/mol. The molecule has 0 amide bonds. The van der Waals surface area contributed by atoms with Crippen LogP contribution in [0, 0.1) is 5.92 Å². The predicted octanol–water partition coefficient (Wildman–Crippen LogP) is 7.09. The lowest BCUT2D eigenvalue weighted by Gasteiger charge is -2.28. The van der Waals surface area contributed by atoms with Crippen molar-refractivity contribution < 1.29 is 27.8 Å². The van der Waals surface area contributed by atoms with Gasteiger partial charge in [0, 0.05) is 38.4 Å². The summed E-state index contributed by atoms with van der Waals surface area (Å²) in [7, 11) is -1.37. The van der Waals surface area contributed by atoms with Crippen molar-refractivity contribution in [3.8, 4) is 22.6 Å². The second-order valence-corrected chi connectivity index (χ2v) is 17.1. The van der Waals surface area contributed by atoms with Crippen LogP contribution in [-0.4, -0.2) is 45.5 Å². The van der Waals surface area contributed by atoms with Crippen LogP contribution in [0.5, 0.6) is 0 Å². The summed E-state index contributed by atoms with van der Waals surface area (Å²) in [4.78, 5) is 19.2. The molecule has 0 aliphatic heterocycles. The average Bonchev–Trinajstić information content (AvgIpc) is 3.32. The molecule has 0 saturated heterocycles. The highest BCUT2D eigenvalue weighted by atomic mass is 28.3. The molecule has 0 radical (unpaired) electrons. The first-order valence-electron chi connectivity index (χ1n) is 13.3. The zero-order valence-electron chi connectivity index (χ0n) is 22.5. The predicted molar refractivity (Wildman–Crippen MR) is 145 cm³/mol. The minimum absolute atomic E-state index is 0.0518. The Kier molecular flexibility index (Phi) is 8.90. The van der Waals surface area contributed by atoms with E-state index in [4.69, 9.17) is 9.84 Å². The first kappa shape index (κ1) is 28.9. The Morgan fingerprint density at radius 1 is 1.05 bits per heavy atom. The Morgan fingerprint density at radius 2 is 1.72 bits per heavy atom. The van der Waals surface area contributed by atoms with Crippen LogP contribution in [0.25, 0.3) is 22.6 Å². The zero-order chi connectivity index (χ0) is 28.2. The largest absolute Gasteiger partial charge is 0.481 e. The van der Waals surface area contributed by atoms with Gasteiger partial charge in [-0.25, -0.2) is 9.67 Å². The Bertz CT molecular complexity index is 1250. The van der Waals surface area contributed by atoms with Crippen molar-refractivity contribution in [1.82, 2.24) is 19.7 Å². The first-order valence-corrected chi connectivity index (χ1v) is 17.0. The van der Waals surface area contributed by atoms with Gasteiger partial charge in [0.05, 0.1) is 5.69 Å². The molecular formula is C28H35F3N4O3Si. The quantitative estimate of drug-likeness (QED) is 0.210. The highest BCUT2D eigenvalue weighted by Gasteiger charge is 2.38. The van der Waals surface area contributed by atoms with Gasteiger partial charge in [-0.2, -0.15) is 13.2 Å². The summed E-state index contributed by atoms with van der Waals surface area (Å²) in [5.41, 5.74) is 3.21. The number of pyridine rings is 1. The summed E-state index contributed by atoms with van der Waals surface area (Å²) in [5, 5.41) is 13.1. The topological polar surface area (TPSA) is 90.1 Å². The average molecular weight is 561 g/mol. The molecule has 0 bridgehead atoms. The van der Waals surface area contributed by atoms with Gasteiger partial charge in [-0.05, 0) is 61.3 Å². The van der Waals surface area contributed by atoms with Gasteiger partial charge in [0.15, 0.2) is 5.82 Å². The van der Waals surface area contributed by atoms with Gasteiger partial charge in [-0.1, -0.05) is 43.9 Å². The van der Waals surface area contributed by atoms with Gasteiger partial charge in [-0.15, -0.1) is 5.10 Å². The van der Waals surface area contributed by atoms with Crippen molar-refractivity contribution in [2.24, 2.45) is 5.92 Å². The fraction of sp³-hybridized carbons (Fsp3) is 0.500. The maximum atomic E-state index is 13.6. The minimum Gasteiger partial charge on any atom is -0.481 e. The van der Waals surface area contributed by atoms with E-state index in [-0.39, 0.29) is 24.9 Å². The van der Waals surface area contributed by atoms with Crippen LogP contribution < -0.4 is 0 Å². The maximum Gasteiger partial charge on any atom is 0.451 e. The second kappa shape index (κ2) is 12.0. The SMILES string of the molecule is C[Si](C)(C)CCOCn1nc(-c2ccc(-c3ccc([C@H]4CC[C@H](CC(=O)O)CC4)cc3)nc2)nc1C(F)(F)F. The van der Waals surface area contributed by atoms with Crippen LogP contribution in [0.2, 0.25) is 25.7 Å². The number of halogens is 3. The Hall–Kier alpha value is -3.05. The van der Waals surface area contributed by atoms with Crippen LogP contribution in [0.15, 0.2) is 42.6 Å². The third-order valence-electron chi connectivity index (χ3n) is 7.14. The second-order valence-electron chi connectivity index (χ2n) is 11.5. The summed E-state index contributed by atoms with van der Waals surface area (Å²) < 4.78 is 47.0. The molecule has 2 heterocycles. The number of carboxylic acid groups (broad SMARTS) is 1. The lowest BCUT2D eigenvalue weighted by Crippen LogP contribution is -2.23. The Balaban J connectivity index is 1.42. The van der Waals surface area contributed by atoms with E-state index >= 15 is 0 Å². The van der Waals surface area contributed by atoms with Gasteiger partial charge < -0.3 is 9.84 Å². The molecule has 4 rings (SSSR count). The van der Waals surface area contributed by atoms with E-state index in [2.05, 4.69) is 46.8 Å². The molecule has 1 aliphatic carbocycles. The number of nitrogens with zero attached hydrogens (tertiary/aromatic N) is 4. The summed E-state index contributed by atoms with van der Waals surface area (Å²) >= 11 is 0. The standard InChI is InChI=1S/C28H35F3N4O3Si/c1-39(2,3)15-14-38-18-35-27(28(29,30)31)33-26(34-35)23-12-13-24(32-17-23)22-10-8-21(9-11-22)20-6-4-19(5-7-20)16-25(36)37/h8-13,17,19-20H,4-7,14-16,18H2,1-3H3,(H,36,37)/t19-,20-. The summed E-state index contributed by atoms with van der Waals surface area (Å²) in [6, 6.07) is 12.4. The molecule has 1 aliphatic rings. The molecule has 0 unspecified atom stereocenters. The number of hydrogen-bond donors (Lipinski definition) is 1. The number of carbonyl (C=O) groups is 1. The number of aromatic nitrogens is 4. The van der Waals surface area contributed by atoms with Crippen LogP contribution >= 0.6 is 0 Å². The summed E-state index contributed by atoms with van der Waals surface area (Å²) in [5.74, 6) is -1.20. The van der Waals surface area contributed by atoms with Crippen molar-refractivity contribution in [1.29, 1.82) is 0 Å². The van der Waals surface area contributed by atoms with E-state index in [0.717, 1.165) is 42.0 Å². The molecule has 1 aromatic carbocycles. The number of ether oxygens (including phenoxy) is 1. The first-order chi connectivity index (χ1) is 18.4. The lowest BCUT2D eigenvalue weighted by atomic mass is 9.77. The van der Waals surface area contributed by atoms with Gasteiger partial charge in [0.25, 0.3) is 0 Å². The molecule has 11 heteroatoms. The minimum atomic E-state index is -4.65. The molecule has 7 nitrogen and oxygen atoms in total. The van der Waals surface area contributed by atoms with Crippen LogP contribution in [-0.2, 0) is 22.4 Å². The number of rotatable bonds is 10. The van der Waals surface area contributed by atoms with E-state index in [1.54, 1.807) is 12.1 Å². The Morgan fingerprint density at radius 3 is 2.28 bits per heavy atom. The molecular weight excluding hydrogens is 525 g/mol. The molecule has 1 saturated carbocycles. The van der Waals surface area contributed by atoms with Gasteiger partial charge in [-0.3, -0.25) is 9.78 Å². The molecule has 0 spiro atoms. The lowest BCUT2D eigenvalue weighted by molar-refractivity contribution is -0.150. The number of hydrogen-bond acceptors (Lipinski definition) is 5. The molecule has 1 N–H and O–H groups in total. The number of alkyl halides is 3. The Labute approximate surface area is 227 Å². The highest BCUT2D eigenvalue weighted by molar-refractivity contribution is 6.76. The van der Waals surface area contributed by atoms with E-state index < -0.39 is 26.0 Å². The van der Waals surface area contributed by atoms with E-state index in [1.165, 1.54) is 11.8 Å². The maximum absolute atomic E-state index is 13.6. The van der Waals surface area contributed by atoms with Gasteiger partial charge in [0.2, 0.25) is 5.82 Å². The van der Waals surface area contributed by atoms with E-state index in [1.807, 2.05) is 12.1 Å². The van der Waals surface area contributed by atoms with Gasteiger partial charge >= 0.3 is 12.1 Å². The smallest absolute Gasteiger partial charge is 0.451 e. The van der Waals surface area contributed by atoms with Crippen molar-refractivity contribution in [3.05, 3.63) is 54.0 Å². The molecule has 3 aromatic rings. The highest BCUT2D eigenvalue weighted by Crippen LogP contribution is 2.37. The molecule has 2 aromatic heterocycles. The fourth-order valence-corrected chi connectivity index (χ4v) is 5.62. The fourth-order valence-electron chi connectivity index (χ4n) is 4.86. The van der Waals surface area contributed by atoms with Crippen LogP contribution in [0.1, 0.15) is 49.4 Å². The third kappa shape index (κ3) is 7.98. The van der Waals surface area contributed by atoms with Crippen LogP contribution in [0.3, 0.4) is 0 Å². The summed E-state index contributed by atoms with van der Waals surface area (Å²) in [6.07, 6.45) is 0.878. The molecule has 39 heavy (non-hydrogen) atoms. The van der Waals surface area contributed by atoms with E-state index in [0.29, 0.717) is 23.8 Å². The van der Waals surface area contributed by atoms with Gasteiger partial charge in [0.1, 0.15) is 6.73 Å². The van der Waals surface area contributed by atoms with Crippen molar-refractivity contribution >= 4 is 14.0 Å². The normalized spacial score (nSPS) is 18.3. The molecule has 210 valence electrons. The number of carboxylic acids is 1. The van der Waals surface area contributed by atoms with Crippen molar-refractivity contribution in [2.75, 3.05) is 6.61 Å².